The molecule has 1 aromatic carbocycles. The lowest BCUT2D eigenvalue weighted by Gasteiger charge is -2.51. The molecule has 0 radical (unpaired) electrons. The normalized spacial score (nSPS) is 26.3. The van der Waals surface area contributed by atoms with Gasteiger partial charge in [0.2, 0.25) is 0 Å². The van der Waals surface area contributed by atoms with Gasteiger partial charge in [-0.15, -0.1) is 0 Å². The zero-order chi connectivity index (χ0) is 17.8. The van der Waals surface area contributed by atoms with Crippen molar-refractivity contribution in [1.82, 2.24) is 9.88 Å². The molecule has 2 aliphatic rings. The number of H-pyrrole nitrogens is 1. The van der Waals surface area contributed by atoms with Crippen LogP contribution in [0.5, 0.6) is 0 Å². The third-order valence-corrected chi connectivity index (χ3v) is 7.94. The topological polar surface area (TPSA) is 45.3 Å². The Morgan fingerprint density at radius 3 is 2.96 bits per heavy atom. The van der Waals surface area contributed by atoms with Gasteiger partial charge in [-0.2, -0.15) is 0 Å². The maximum atomic E-state index is 12.7. The Hall–Kier alpha value is -0.850. The molecular formula is C19H22Br2N2O2. The van der Waals surface area contributed by atoms with Gasteiger partial charge < -0.3 is 9.72 Å². The minimum atomic E-state index is -0.330. The zero-order valence-electron chi connectivity index (χ0n) is 14.5. The van der Waals surface area contributed by atoms with Crippen molar-refractivity contribution in [2.45, 2.75) is 38.6 Å². The minimum absolute atomic E-state index is 0.0681. The van der Waals surface area contributed by atoms with Gasteiger partial charge in [-0.3, -0.25) is 9.69 Å². The van der Waals surface area contributed by atoms with E-state index in [0.29, 0.717) is 6.61 Å². The third-order valence-electron chi connectivity index (χ3n) is 5.92. The first-order valence-corrected chi connectivity index (χ1v) is 10.5. The molecule has 1 N–H and O–H groups in total. The molecule has 2 aromatic rings. The van der Waals surface area contributed by atoms with Crippen LogP contribution < -0.4 is 0 Å². The second kappa shape index (κ2) is 6.39. The van der Waals surface area contributed by atoms with Gasteiger partial charge in [0, 0.05) is 32.1 Å². The fraction of sp³-hybridized carbons (Fsp3) is 0.526. The van der Waals surface area contributed by atoms with Crippen LogP contribution in [0.15, 0.2) is 21.1 Å². The second-order valence-electron chi connectivity index (χ2n) is 7.09. The molecule has 0 amide bonds. The summed E-state index contributed by atoms with van der Waals surface area (Å²) in [5.41, 5.74) is 3.31. The summed E-state index contributed by atoms with van der Waals surface area (Å²) < 4.78 is 7.57. The Kier molecular flexibility index (Phi) is 4.49. The average molecular weight is 470 g/mol. The standard InChI is InChI=1S/C19H22Br2N2O2/c1-3-25-18(24)12-5-4-9-23-10-8-11-15-14(7-6-13(20)16(15)21)22-17(11)19(12,23)2/h6-7,12,22H,3-5,8-10H2,1-2H3. The number of piperidine rings is 1. The van der Waals surface area contributed by atoms with Crippen LogP contribution in [-0.4, -0.2) is 35.5 Å². The number of rotatable bonds is 2. The molecule has 0 saturated carbocycles. The molecular weight excluding hydrogens is 448 g/mol. The fourth-order valence-corrected chi connectivity index (χ4v) is 5.62. The van der Waals surface area contributed by atoms with Gasteiger partial charge in [0.25, 0.3) is 0 Å². The van der Waals surface area contributed by atoms with Crippen molar-refractivity contribution in [3.05, 3.63) is 32.3 Å². The average Bonchev–Trinajstić information content (AvgIpc) is 2.98. The van der Waals surface area contributed by atoms with Gasteiger partial charge in [-0.25, -0.2) is 0 Å². The van der Waals surface area contributed by atoms with Crippen LogP contribution in [0.25, 0.3) is 10.9 Å². The van der Waals surface area contributed by atoms with Crippen molar-refractivity contribution >= 4 is 48.7 Å². The van der Waals surface area contributed by atoms with Crippen LogP contribution in [0.3, 0.4) is 0 Å². The summed E-state index contributed by atoms with van der Waals surface area (Å²) in [5, 5.41) is 1.23. The van der Waals surface area contributed by atoms with Crippen LogP contribution in [-0.2, 0) is 21.5 Å². The molecule has 2 aliphatic heterocycles. The molecule has 1 fully saturated rings. The number of aromatic amines is 1. The largest absolute Gasteiger partial charge is 0.466 e. The van der Waals surface area contributed by atoms with Gasteiger partial charge in [0.05, 0.1) is 18.1 Å². The fourth-order valence-electron chi connectivity index (χ4n) is 4.70. The maximum absolute atomic E-state index is 12.7. The van der Waals surface area contributed by atoms with Crippen molar-refractivity contribution < 1.29 is 9.53 Å². The summed E-state index contributed by atoms with van der Waals surface area (Å²) in [6.07, 6.45) is 2.92. The summed E-state index contributed by atoms with van der Waals surface area (Å²) in [5.74, 6) is -0.197. The van der Waals surface area contributed by atoms with Gasteiger partial charge in [-0.05, 0) is 89.2 Å². The molecule has 6 heteroatoms. The molecule has 25 heavy (non-hydrogen) atoms. The molecule has 1 aromatic heterocycles. The van der Waals surface area contributed by atoms with Gasteiger partial charge in [0.1, 0.15) is 0 Å². The predicted molar refractivity (Wildman–Crippen MR) is 106 cm³/mol. The third kappa shape index (κ3) is 2.52. The maximum Gasteiger partial charge on any atom is 0.311 e. The molecule has 0 spiro atoms. The summed E-state index contributed by atoms with van der Waals surface area (Å²) in [7, 11) is 0. The van der Waals surface area contributed by atoms with Crippen LogP contribution in [0.2, 0.25) is 0 Å². The van der Waals surface area contributed by atoms with Crippen molar-refractivity contribution in [3.63, 3.8) is 0 Å². The summed E-state index contributed by atoms with van der Waals surface area (Å²) in [6.45, 7) is 6.54. The predicted octanol–water partition coefficient (Wildman–Crippen LogP) is 4.74. The van der Waals surface area contributed by atoms with E-state index in [1.807, 2.05) is 6.92 Å². The first-order chi connectivity index (χ1) is 12.0. The van der Waals surface area contributed by atoms with Gasteiger partial charge in [0.15, 0.2) is 0 Å². The second-order valence-corrected chi connectivity index (χ2v) is 8.74. The Bertz CT molecular complexity index is 848. The Balaban J connectivity index is 1.92. The lowest BCUT2D eigenvalue weighted by Crippen LogP contribution is -2.58. The number of halogens is 2. The van der Waals surface area contributed by atoms with Crippen LogP contribution in [0.1, 0.15) is 37.9 Å². The lowest BCUT2D eigenvalue weighted by molar-refractivity contribution is -0.158. The van der Waals surface area contributed by atoms with E-state index in [1.54, 1.807) is 0 Å². The number of benzene rings is 1. The van der Waals surface area contributed by atoms with Gasteiger partial charge >= 0.3 is 5.97 Å². The molecule has 3 heterocycles. The first-order valence-electron chi connectivity index (χ1n) is 8.89. The summed E-state index contributed by atoms with van der Waals surface area (Å²) in [4.78, 5) is 18.8. The number of hydrogen-bond acceptors (Lipinski definition) is 3. The van der Waals surface area contributed by atoms with Crippen LogP contribution in [0, 0.1) is 5.92 Å². The van der Waals surface area contributed by atoms with Crippen molar-refractivity contribution in [3.8, 4) is 0 Å². The number of hydrogen-bond donors (Lipinski definition) is 1. The molecule has 1 saturated heterocycles. The van der Waals surface area contributed by atoms with E-state index < -0.39 is 0 Å². The van der Waals surface area contributed by atoms with E-state index in [1.165, 1.54) is 16.6 Å². The Morgan fingerprint density at radius 2 is 2.20 bits per heavy atom. The van der Waals surface area contributed by atoms with E-state index in [4.69, 9.17) is 4.74 Å². The number of carbonyl (C=O) groups excluding carboxylic acids is 1. The van der Waals surface area contributed by atoms with E-state index in [2.05, 4.69) is 60.8 Å². The lowest BCUT2D eigenvalue weighted by atomic mass is 9.72. The SMILES string of the molecule is CCOC(=O)C1CCCN2CCc3c([nH]c4ccc(Br)c(Br)c34)C12C. The number of esters is 1. The van der Waals surface area contributed by atoms with Crippen LogP contribution in [0.4, 0.5) is 0 Å². The van der Waals surface area contributed by atoms with E-state index >= 15 is 0 Å². The Morgan fingerprint density at radius 1 is 1.40 bits per heavy atom. The number of nitrogens with zero attached hydrogens (tertiary/aromatic N) is 1. The molecule has 134 valence electrons. The Labute approximate surface area is 164 Å². The number of fused-ring (bicyclic) bond motifs is 5. The highest BCUT2D eigenvalue weighted by atomic mass is 79.9. The minimum Gasteiger partial charge on any atom is -0.466 e. The van der Waals surface area contributed by atoms with E-state index in [0.717, 1.165) is 46.8 Å². The van der Waals surface area contributed by atoms with Crippen LogP contribution >= 0.6 is 31.9 Å². The number of ether oxygens (including phenoxy) is 1. The highest BCUT2D eigenvalue weighted by Gasteiger charge is 2.51. The molecule has 2 atom stereocenters. The highest BCUT2D eigenvalue weighted by molar-refractivity contribution is 9.13. The quantitative estimate of drug-likeness (QED) is 0.646. The molecule has 0 aliphatic carbocycles. The summed E-state index contributed by atoms with van der Waals surface area (Å²) >= 11 is 7.36. The van der Waals surface area contributed by atoms with Gasteiger partial charge in [-0.1, -0.05) is 0 Å². The zero-order valence-corrected chi connectivity index (χ0v) is 17.7. The van der Waals surface area contributed by atoms with Crippen molar-refractivity contribution in [2.75, 3.05) is 19.7 Å². The smallest absolute Gasteiger partial charge is 0.311 e. The van der Waals surface area contributed by atoms with Crippen molar-refractivity contribution in [2.24, 2.45) is 5.92 Å². The number of carbonyl (C=O) groups is 1. The molecule has 2 unspecified atom stereocenters. The molecule has 4 nitrogen and oxygen atoms in total. The first kappa shape index (κ1) is 17.6. The summed E-state index contributed by atoms with van der Waals surface area (Å²) in [6, 6.07) is 4.16. The number of nitrogens with one attached hydrogen (secondary N) is 1. The molecule has 4 rings (SSSR count). The highest BCUT2D eigenvalue weighted by Crippen LogP contribution is 2.49. The van der Waals surface area contributed by atoms with Crippen molar-refractivity contribution in [1.29, 1.82) is 0 Å². The monoisotopic (exact) mass is 468 g/mol. The molecule has 0 bridgehead atoms. The van der Waals surface area contributed by atoms with E-state index in [-0.39, 0.29) is 17.4 Å². The number of aromatic nitrogens is 1. The van der Waals surface area contributed by atoms with E-state index in [9.17, 15) is 4.79 Å².